The van der Waals surface area contributed by atoms with Crippen molar-refractivity contribution in [1.82, 2.24) is 24.3 Å². The minimum absolute atomic E-state index is 0.195. The molecule has 0 unspecified atom stereocenters. The fraction of sp³-hybridized carbons (Fsp3) is 0.381. The summed E-state index contributed by atoms with van der Waals surface area (Å²) in [5, 5.41) is 0.923. The van der Waals surface area contributed by atoms with Crippen LogP contribution in [0, 0.1) is 0 Å². The molecule has 6 nitrogen and oxygen atoms in total. The Morgan fingerprint density at radius 1 is 1.11 bits per heavy atom. The van der Waals surface area contributed by atoms with Crippen molar-refractivity contribution in [2.75, 3.05) is 31.9 Å². The highest BCUT2D eigenvalue weighted by Gasteiger charge is 2.22. The van der Waals surface area contributed by atoms with Crippen LogP contribution in [-0.2, 0) is 17.9 Å². The lowest BCUT2D eigenvalue weighted by Gasteiger charge is -2.34. The third kappa shape index (κ3) is 4.20. The van der Waals surface area contributed by atoms with Gasteiger partial charge in [0.25, 0.3) is 0 Å². The Labute approximate surface area is 169 Å². The number of hydrogen-bond acceptors (Lipinski definition) is 5. The van der Waals surface area contributed by atoms with E-state index >= 15 is 0 Å². The van der Waals surface area contributed by atoms with Crippen molar-refractivity contribution in [2.45, 2.75) is 25.2 Å². The van der Waals surface area contributed by atoms with Crippen molar-refractivity contribution >= 4 is 28.7 Å². The molecule has 1 aliphatic heterocycles. The summed E-state index contributed by atoms with van der Waals surface area (Å²) >= 11 is 1.54. The molecular formula is C21H25N5OS. The molecule has 0 saturated carbocycles. The van der Waals surface area contributed by atoms with Gasteiger partial charge in [0.1, 0.15) is 0 Å². The zero-order valence-electron chi connectivity index (χ0n) is 16.1. The van der Waals surface area contributed by atoms with Crippen LogP contribution in [0.4, 0.5) is 0 Å². The monoisotopic (exact) mass is 395 g/mol. The molecule has 0 radical (unpaired) electrons. The fourth-order valence-electron chi connectivity index (χ4n) is 3.59. The van der Waals surface area contributed by atoms with E-state index in [4.69, 9.17) is 4.98 Å². The number of para-hydroxylation sites is 2. The van der Waals surface area contributed by atoms with Crippen LogP contribution in [0.1, 0.15) is 12.5 Å². The van der Waals surface area contributed by atoms with E-state index in [1.165, 1.54) is 5.56 Å². The lowest BCUT2D eigenvalue weighted by Crippen LogP contribution is -2.48. The summed E-state index contributed by atoms with van der Waals surface area (Å²) in [4.78, 5) is 25.9. The Morgan fingerprint density at radius 3 is 2.68 bits per heavy atom. The molecule has 7 heteroatoms. The van der Waals surface area contributed by atoms with E-state index in [-0.39, 0.29) is 5.91 Å². The first kappa shape index (κ1) is 19.0. The first-order chi connectivity index (χ1) is 13.7. The molecular weight excluding hydrogens is 370 g/mol. The number of benzene rings is 1. The molecule has 1 saturated heterocycles. The first-order valence-electron chi connectivity index (χ1n) is 9.71. The number of amides is 1. The standard InChI is InChI=1S/C21H25N5OS/c1-2-26-19-8-4-3-7-18(19)23-21(26)28-16-20(27)25-12-10-24(11-13-25)15-17-6-5-9-22-14-17/h3-9,14H,2,10-13,15-16H2,1H3. The third-order valence-corrected chi connectivity index (χ3v) is 6.08. The highest BCUT2D eigenvalue weighted by Crippen LogP contribution is 2.24. The van der Waals surface area contributed by atoms with Gasteiger partial charge in [-0.25, -0.2) is 4.98 Å². The highest BCUT2D eigenvalue weighted by molar-refractivity contribution is 7.99. The zero-order valence-corrected chi connectivity index (χ0v) is 16.9. The smallest absolute Gasteiger partial charge is 0.233 e. The van der Waals surface area contributed by atoms with Gasteiger partial charge in [-0.3, -0.25) is 14.7 Å². The molecule has 4 rings (SSSR count). The average Bonchev–Trinajstić information content (AvgIpc) is 3.11. The Hall–Kier alpha value is -2.38. The predicted molar refractivity (Wildman–Crippen MR) is 112 cm³/mol. The minimum atomic E-state index is 0.195. The predicted octanol–water partition coefficient (Wildman–Crippen LogP) is 2.89. The van der Waals surface area contributed by atoms with Gasteiger partial charge in [-0.15, -0.1) is 0 Å². The van der Waals surface area contributed by atoms with Gasteiger partial charge >= 0.3 is 0 Å². The Bertz CT molecular complexity index is 934. The van der Waals surface area contributed by atoms with Crippen molar-refractivity contribution in [3.05, 3.63) is 54.4 Å². The Balaban J connectivity index is 1.30. The van der Waals surface area contributed by atoms with Gasteiger partial charge in [0.15, 0.2) is 5.16 Å². The van der Waals surface area contributed by atoms with E-state index in [9.17, 15) is 4.79 Å². The number of aromatic nitrogens is 3. The SMILES string of the molecule is CCn1c(SCC(=O)N2CCN(Cc3cccnc3)CC2)nc2ccccc21. The van der Waals surface area contributed by atoms with Crippen LogP contribution in [-0.4, -0.2) is 62.2 Å². The lowest BCUT2D eigenvalue weighted by molar-refractivity contribution is -0.130. The number of imidazole rings is 1. The molecule has 28 heavy (non-hydrogen) atoms. The number of rotatable bonds is 6. The highest BCUT2D eigenvalue weighted by atomic mass is 32.2. The van der Waals surface area contributed by atoms with Gasteiger partial charge in [0.05, 0.1) is 16.8 Å². The summed E-state index contributed by atoms with van der Waals surface area (Å²) in [6.45, 7) is 7.22. The maximum absolute atomic E-state index is 12.7. The van der Waals surface area contributed by atoms with Crippen LogP contribution in [0.2, 0.25) is 0 Å². The second-order valence-electron chi connectivity index (χ2n) is 6.93. The van der Waals surface area contributed by atoms with Crippen molar-refractivity contribution in [3.8, 4) is 0 Å². The quantitative estimate of drug-likeness (QED) is 0.601. The average molecular weight is 396 g/mol. The summed E-state index contributed by atoms with van der Waals surface area (Å²) in [5.41, 5.74) is 3.34. The lowest BCUT2D eigenvalue weighted by atomic mass is 10.2. The van der Waals surface area contributed by atoms with Crippen molar-refractivity contribution in [1.29, 1.82) is 0 Å². The number of thioether (sulfide) groups is 1. The molecule has 1 aromatic carbocycles. The third-order valence-electron chi connectivity index (χ3n) is 5.11. The van der Waals surface area contributed by atoms with Crippen LogP contribution >= 0.6 is 11.8 Å². The molecule has 1 aliphatic rings. The minimum Gasteiger partial charge on any atom is -0.339 e. The summed E-state index contributed by atoms with van der Waals surface area (Å²) in [7, 11) is 0. The van der Waals surface area contributed by atoms with Crippen LogP contribution < -0.4 is 0 Å². The number of carbonyl (C=O) groups is 1. The maximum atomic E-state index is 12.7. The van der Waals surface area contributed by atoms with E-state index in [1.54, 1.807) is 18.0 Å². The van der Waals surface area contributed by atoms with E-state index < -0.39 is 0 Å². The second-order valence-corrected chi connectivity index (χ2v) is 7.88. The topological polar surface area (TPSA) is 54.3 Å². The number of fused-ring (bicyclic) bond motifs is 1. The van der Waals surface area contributed by atoms with E-state index in [1.807, 2.05) is 35.4 Å². The molecule has 0 bridgehead atoms. The van der Waals surface area contributed by atoms with Crippen molar-refractivity contribution in [2.24, 2.45) is 0 Å². The second kappa shape index (κ2) is 8.75. The van der Waals surface area contributed by atoms with Crippen LogP contribution in [0.15, 0.2) is 53.9 Å². The first-order valence-corrected chi connectivity index (χ1v) is 10.7. The molecule has 0 atom stereocenters. The van der Waals surface area contributed by atoms with Gasteiger partial charge in [0.2, 0.25) is 5.91 Å². The van der Waals surface area contributed by atoms with Gasteiger partial charge in [0, 0.05) is 51.7 Å². The molecule has 146 valence electrons. The molecule has 3 heterocycles. The normalized spacial score (nSPS) is 15.2. The molecule has 0 N–H and O–H groups in total. The molecule has 2 aromatic heterocycles. The zero-order chi connectivity index (χ0) is 19.3. The largest absolute Gasteiger partial charge is 0.339 e. The summed E-state index contributed by atoms with van der Waals surface area (Å²) < 4.78 is 2.18. The van der Waals surface area contributed by atoms with Crippen molar-refractivity contribution in [3.63, 3.8) is 0 Å². The number of piperazine rings is 1. The number of nitrogens with zero attached hydrogens (tertiary/aromatic N) is 5. The van der Waals surface area contributed by atoms with E-state index in [0.29, 0.717) is 5.75 Å². The molecule has 0 spiro atoms. The Morgan fingerprint density at radius 2 is 1.93 bits per heavy atom. The van der Waals surface area contributed by atoms with Gasteiger partial charge in [-0.2, -0.15) is 0 Å². The van der Waals surface area contributed by atoms with Crippen LogP contribution in [0.3, 0.4) is 0 Å². The number of hydrogen-bond donors (Lipinski definition) is 0. The Kier molecular flexibility index (Phi) is 5.92. The number of carbonyl (C=O) groups excluding carboxylic acids is 1. The van der Waals surface area contributed by atoms with Crippen LogP contribution in [0.5, 0.6) is 0 Å². The van der Waals surface area contributed by atoms with Crippen LogP contribution in [0.25, 0.3) is 11.0 Å². The molecule has 3 aromatic rings. The van der Waals surface area contributed by atoms with E-state index in [2.05, 4.69) is 33.5 Å². The van der Waals surface area contributed by atoms with Gasteiger partial charge in [-0.1, -0.05) is 30.0 Å². The summed E-state index contributed by atoms with van der Waals surface area (Å²) in [5.74, 6) is 0.632. The maximum Gasteiger partial charge on any atom is 0.233 e. The summed E-state index contributed by atoms with van der Waals surface area (Å²) in [6.07, 6.45) is 3.71. The molecule has 0 aliphatic carbocycles. The number of aryl methyl sites for hydroxylation is 1. The fourth-order valence-corrected chi connectivity index (χ4v) is 4.57. The van der Waals surface area contributed by atoms with Gasteiger partial charge in [-0.05, 0) is 30.7 Å². The van der Waals surface area contributed by atoms with E-state index in [0.717, 1.165) is 55.5 Å². The molecule has 1 amide bonds. The van der Waals surface area contributed by atoms with Gasteiger partial charge < -0.3 is 9.47 Å². The summed E-state index contributed by atoms with van der Waals surface area (Å²) in [6, 6.07) is 12.2. The van der Waals surface area contributed by atoms with Crippen molar-refractivity contribution < 1.29 is 4.79 Å². The molecule has 1 fully saturated rings. The number of pyridine rings is 1.